The average molecular weight is 455 g/mol. The van der Waals surface area contributed by atoms with Crippen LogP contribution in [0.2, 0.25) is 10.0 Å². The number of rotatable bonds is 4. The van der Waals surface area contributed by atoms with Gasteiger partial charge in [-0.3, -0.25) is 9.97 Å². The lowest BCUT2D eigenvalue weighted by molar-refractivity contribution is 0.594. The molecule has 0 atom stereocenters. The summed E-state index contributed by atoms with van der Waals surface area (Å²) in [5, 5.41) is 0.654. The maximum absolute atomic E-state index is 14.4. The van der Waals surface area contributed by atoms with Crippen LogP contribution in [0.15, 0.2) is 72.8 Å². The first-order valence-electron chi connectivity index (χ1n) is 9.61. The molecule has 0 saturated heterocycles. The van der Waals surface area contributed by atoms with Gasteiger partial charge in [0.1, 0.15) is 11.6 Å². The third kappa shape index (κ3) is 4.32. The van der Waals surface area contributed by atoms with Crippen LogP contribution in [0.5, 0.6) is 0 Å². The third-order valence-corrected chi connectivity index (χ3v) is 5.66. The Morgan fingerprint density at radius 2 is 1.06 bits per heavy atom. The molecule has 4 rings (SSSR count). The average Bonchev–Trinajstić information content (AvgIpc) is 2.74. The molecule has 2 heterocycles. The van der Waals surface area contributed by atoms with Crippen molar-refractivity contribution < 1.29 is 8.78 Å². The van der Waals surface area contributed by atoms with Crippen LogP contribution in [0.25, 0.3) is 22.5 Å². The highest BCUT2D eigenvalue weighted by Gasteiger charge is 2.27. The van der Waals surface area contributed by atoms with Crippen LogP contribution in [-0.2, 0) is 5.41 Å². The number of benzene rings is 2. The Kier molecular flexibility index (Phi) is 5.78. The zero-order chi connectivity index (χ0) is 22.2. The van der Waals surface area contributed by atoms with Gasteiger partial charge in [0.25, 0.3) is 0 Å². The molecule has 0 aliphatic heterocycles. The number of nitrogens with zero attached hydrogens (tertiary/aromatic N) is 2. The quantitative estimate of drug-likeness (QED) is 0.315. The second-order valence-corrected chi connectivity index (χ2v) is 8.56. The highest BCUT2D eigenvalue weighted by molar-refractivity contribution is 6.30. The fourth-order valence-electron chi connectivity index (χ4n) is 3.39. The smallest absolute Gasteiger partial charge is 0.134 e. The molecule has 156 valence electrons. The van der Waals surface area contributed by atoms with Crippen LogP contribution < -0.4 is 0 Å². The summed E-state index contributed by atoms with van der Waals surface area (Å²) in [6.07, 6.45) is 0. The topological polar surface area (TPSA) is 25.8 Å². The van der Waals surface area contributed by atoms with Crippen molar-refractivity contribution in [2.45, 2.75) is 19.3 Å². The molecule has 0 spiro atoms. The van der Waals surface area contributed by atoms with Crippen LogP contribution in [-0.4, -0.2) is 9.97 Å². The van der Waals surface area contributed by atoms with Gasteiger partial charge in [-0.2, -0.15) is 0 Å². The largest absolute Gasteiger partial charge is 0.252 e. The van der Waals surface area contributed by atoms with E-state index in [4.69, 9.17) is 33.2 Å². The van der Waals surface area contributed by atoms with Gasteiger partial charge in [-0.25, -0.2) is 8.78 Å². The molecule has 31 heavy (non-hydrogen) atoms. The SMILES string of the molecule is CC(C)(c1cccc(-c2ccc(Cl)cc2F)n1)c1cccc(-c2ccc(Cl)cc2F)n1. The van der Waals surface area contributed by atoms with E-state index in [2.05, 4.69) is 0 Å². The van der Waals surface area contributed by atoms with Gasteiger partial charge in [-0.1, -0.05) is 35.3 Å². The zero-order valence-electron chi connectivity index (χ0n) is 16.8. The second kappa shape index (κ2) is 8.37. The van der Waals surface area contributed by atoms with E-state index in [0.717, 1.165) is 0 Å². The summed E-state index contributed by atoms with van der Waals surface area (Å²) >= 11 is 11.7. The van der Waals surface area contributed by atoms with Gasteiger partial charge >= 0.3 is 0 Å². The van der Waals surface area contributed by atoms with E-state index < -0.39 is 17.0 Å². The molecule has 6 heteroatoms. The molecular formula is C25H18Cl2F2N2. The standard InChI is InChI=1S/C25H18Cl2F2N2/c1-25(2,23-7-3-5-21(30-23)17-11-9-15(26)13-19(17)28)24-8-4-6-22(31-24)18-12-10-16(27)14-20(18)29/h3-14H,1-2H3. The molecule has 0 radical (unpaired) electrons. The van der Waals surface area contributed by atoms with E-state index in [1.54, 1.807) is 36.4 Å². The van der Waals surface area contributed by atoms with Gasteiger partial charge in [0, 0.05) is 26.6 Å². The van der Waals surface area contributed by atoms with Gasteiger partial charge in [-0.15, -0.1) is 0 Å². The monoisotopic (exact) mass is 454 g/mol. The molecule has 2 aromatic heterocycles. The van der Waals surface area contributed by atoms with E-state index in [0.29, 0.717) is 43.9 Å². The van der Waals surface area contributed by atoms with E-state index in [-0.39, 0.29) is 0 Å². The molecule has 2 aromatic carbocycles. The molecular weight excluding hydrogens is 437 g/mol. The number of hydrogen-bond acceptors (Lipinski definition) is 2. The second-order valence-electron chi connectivity index (χ2n) is 7.69. The summed E-state index contributed by atoms with van der Waals surface area (Å²) in [6, 6.07) is 19.9. The highest BCUT2D eigenvalue weighted by Crippen LogP contribution is 2.33. The van der Waals surface area contributed by atoms with Gasteiger partial charge in [0.05, 0.1) is 22.8 Å². The van der Waals surface area contributed by atoms with Gasteiger partial charge in [-0.05, 0) is 74.5 Å². The Morgan fingerprint density at radius 3 is 1.45 bits per heavy atom. The molecule has 4 aromatic rings. The lowest BCUT2D eigenvalue weighted by atomic mass is 9.84. The van der Waals surface area contributed by atoms with E-state index >= 15 is 0 Å². The Hall–Kier alpha value is -2.82. The van der Waals surface area contributed by atoms with Crippen molar-refractivity contribution in [2.24, 2.45) is 0 Å². The Balaban J connectivity index is 1.75. The molecule has 0 aliphatic rings. The van der Waals surface area contributed by atoms with Crippen molar-refractivity contribution >= 4 is 23.2 Å². The number of pyridine rings is 2. The van der Waals surface area contributed by atoms with E-state index in [1.165, 1.54) is 12.1 Å². The van der Waals surface area contributed by atoms with Crippen molar-refractivity contribution in [3.8, 4) is 22.5 Å². The Bertz CT molecular complexity index is 1180. The summed E-state index contributed by atoms with van der Waals surface area (Å²) in [4.78, 5) is 9.40. The predicted octanol–water partition coefficient (Wildman–Crippen LogP) is 7.72. The minimum absolute atomic E-state index is 0.327. The molecule has 0 unspecified atom stereocenters. The van der Waals surface area contributed by atoms with E-state index in [9.17, 15) is 8.78 Å². The molecule has 0 aliphatic carbocycles. The number of hydrogen-bond donors (Lipinski definition) is 0. The van der Waals surface area contributed by atoms with Crippen LogP contribution in [0.3, 0.4) is 0 Å². The van der Waals surface area contributed by atoms with Crippen molar-refractivity contribution in [3.05, 3.63) is 106 Å². The van der Waals surface area contributed by atoms with Crippen LogP contribution in [0, 0.1) is 11.6 Å². The lowest BCUT2D eigenvalue weighted by Crippen LogP contribution is -2.22. The van der Waals surface area contributed by atoms with Crippen molar-refractivity contribution in [1.82, 2.24) is 9.97 Å². The normalized spacial score (nSPS) is 11.5. The summed E-state index contributed by atoms with van der Waals surface area (Å²) in [7, 11) is 0. The first kappa shape index (κ1) is 21.4. The summed E-state index contributed by atoms with van der Waals surface area (Å²) in [5.41, 5.74) is 2.54. The van der Waals surface area contributed by atoms with Gasteiger partial charge < -0.3 is 0 Å². The Labute approximate surface area is 189 Å². The number of aromatic nitrogens is 2. The molecule has 0 bridgehead atoms. The summed E-state index contributed by atoms with van der Waals surface area (Å²) in [5.74, 6) is -0.874. The lowest BCUT2D eigenvalue weighted by Gasteiger charge is -2.25. The zero-order valence-corrected chi connectivity index (χ0v) is 18.3. The van der Waals surface area contributed by atoms with Crippen molar-refractivity contribution in [2.75, 3.05) is 0 Å². The van der Waals surface area contributed by atoms with Crippen molar-refractivity contribution in [3.63, 3.8) is 0 Å². The van der Waals surface area contributed by atoms with Crippen LogP contribution in [0.1, 0.15) is 25.2 Å². The van der Waals surface area contributed by atoms with Gasteiger partial charge in [0.15, 0.2) is 0 Å². The summed E-state index contributed by atoms with van der Waals surface area (Å²) < 4.78 is 28.8. The third-order valence-electron chi connectivity index (χ3n) is 5.19. The highest BCUT2D eigenvalue weighted by atomic mass is 35.5. The first-order chi connectivity index (χ1) is 14.8. The minimum atomic E-state index is -0.613. The maximum atomic E-state index is 14.4. The Morgan fingerprint density at radius 1 is 0.645 bits per heavy atom. The maximum Gasteiger partial charge on any atom is 0.134 e. The molecule has 0 fully saturated rings. The summed E-state index contributed by atoms with van der Waals surface area (Å²) in [6.45, 7) is 3.95. The molecule has 2 nitrogen and oxygen atoms in total. The van der Waals surface area contributed by atoms with Gasteiger partial charge in [0.2, 0.25) is 0 Å². The predicted molar refractivity (Wildman–Crippen MR) is 121 cm³/mol. The van der Waals surface area contributed by atoms with Crippen molar-refractivity contribution in [1.29, 1.82) is 0 Å². The molecule has 0 amide bonds. The fraction of sp³-hybridized carbons (Fsp3) is 0.120. The van der Waals surface area contributed by atoms with E-state index in [1.807, 2.05) is 38.1 Å². The molecule has 0 N–H and O–H groups in total. The fourth-order valence-corrected chi connectivity index (χ4v) is 3.71. The minimum Gasteiger partial charge on any atom is -0.252 e. The van der Waals surface area contributed by atoms with Crippen LogP contribution in [0.4, 0.5) is 8.78 Å². The number of halogens is 4. The molecule has 0 saturated carbocycles. The van der Waals surface area contributed by atoms with Crippen LogP contribution >= 0.6 is 23.2 Å². The first-order valence-corrected chi connectivity index (χ1v) is 10.4.